The highest BCUT2D eigenvalue weighted by Gasteiger charge is 2.50. The Balaban J connectivity index is 1.97. The van der Waals surface area contributed by atoms with E-state index in [1.807, 2.05) is 0 Å². The van der Waals surface area contributed by atoms with Gasteiger partial charge in [0.15, 0.2) is 0 Å². The molecule has 1 N–H and O–H groups in total. The van der Waals surface area contributed by atoms with E-state index >= 15 is 0 Å². The highest BCUT2D eigenvalue weighted by molar-refractivity contribution is 5.09. The lowest BCUT2D eigenvalue weighted by atomic mass is 10.0. The molecule has 1 aliphatic heterocycles. The molecule has 1 nitrogen and oxygen atoms in total. The van der Waals surface area contributed by atoms with Crippen LogP contribution in [0.15, 0.2) is 0 Å². The summed E-state index contributed by atoms with van der Waals surface area (Å²) >= 11 is 0. The second-order valence-electron chi connectivity index (χ2n) is 3.65. The summed E-state index contributed by atoms with van der Waals surface area (Å²) in [5.41, 5.74) is 0.637. The van der Waals surface area contributed by atoms with Crippen LogP contribution in [0.5, 0.6) is 0 Å². The molecule has 9 heavy (non-hydrogen) atoms. The van der Waals surface area contributed by atoms with Gasteiger partial charge in [-0.15, -0.1) is 0 Å². The molecular formula is C8H15N. The summed E-state index contributed by atoms with van der Waals surface area (Å²) in [6.45, 7) is 3.63. The van der Waals surface area contributed by atoms with Crippen molar-refractivity contribution in [3.05, 3.63) is 0 Å². The van der Waals surface area contributed by atoms with Crippen LogP contribution in [-0.4, -0.2) is 12.1 Å². The first kappa shape index (κ1) is 5.72. The SMILES string of the molecule is C[C@H]1CC12CCCCN2. The second kappa shape index (κ2) is 1.72. The molecule has 1 aliphatic carbocycles. The van der Waals surface area contributed by atoms with Gasteiger partial charge in [0.2, 0.25) is 0 Å². The van der Waals surface area contributed by atoms with Gasteiger partial charge in [0, 0.05) is 5.54 Å². The van der Waals surface area contributed by atoms with Crippen LogP contribution in [0, 0.1) is 5.92 Å². The Morgan fingerprint density at radius 3 is 2.56 bits per heavy atom. The summed E-state index contributed by atoms with van der Waals surface area (Å²) in [6, 6.07) is 0. The van der Waals surface area contributed by atoms with Gasteiger partial charge in [0.25, 0.3) is 0 Å². The Hall–Kier alpha value is -0.0400. The molecule has 2 rings (SSSR count). The minimum atomic E-state index is 0.637. The van der Waals surface area contributed by atoms with E-state index in [1.165, 1.54) is 32.2 Å². The van der Waals surface area contributed by atoms with Crippen LogP contribution in [0.1, 0.15) is 32.6 Å². The molecule has 0 radical (unpaired) electrons. The van der Waals surface area contributed by atoms with Gasteiger partial charge in [0.1, 0.15) is 0 Å². The third kappa shape index (κ3) is 0.787. The first-order valence-corrected chi connectivity index (χ1v) is 4.08. The molecule has 0 bridgehead atoms. The van der Waals surface area contributed by atoms with Crippen molar-refractivity contribution in [2.45, 2.75) is 38.1 Å². The molecule has 1 unspecified atom stereocenters. The van der Waals surface area contributed by atoms with Gasteiger partial charge in [-0.2, -0.15) is 0 Å². The second-order valence-corrected chi connectivity index (χ2v) is 3.65. The van der Waals surface area contributed by atoms with Crippen LogP contribution in [0.4, 0.5) is 0 Å². The average molecular weight is 125 g/mol. The number of hydrogen-bond donors (Lipinski definition) is 1. The predicted molar refractivity (Wildman–Crippen MR) is 38.4 cm³/mol. The quantitative estimate of drug-likeness (QED) is 0.518. The van der Waals surface area contributed by atoms with Crippen molar-refractivity contribution in [1.29, 1.82) is 0 Å². The zero-order chi connectivity index (χ0) is 6.32. The molecule has 52 valence electrons. The van der Waals surface area contributed by atoms with E-state index < -0.39 is 0 Å². The normalized spacial score (nSPS) is 49.7. The molecule has 1 heteroatoms. The smallest absolute Gasteiger partial charge is 0.0210 e. The zero-order valence-electron chi connectivity index (χ0n) is 6.11. The maximum absolute atomic E-state index is 3.62. The predicted octanol–water partition coefficient (Wildman–Crippen LogP) is 1.54. The summed E-state index contributed by atoms with van der Waals surface area (Å²) in [5.74, 6) is 0.970. The average Bonchev–Trinajstić information content (AvgIpc) is 2.44. The third-order valence-corrected chi connectivity index (χ3v) is 2.98. The van der Waals surface area contributed by atoms with Crippen molar-refractivity contribution in [2.75, 3.05) is 6.54 Å². The lowest BCUT2D eigenvalue weighted by Gasteiger charge is -2.23. The van der Waals surface area contributed by atoms with Gasteiger partial charge >= 0.3 is 0 Å². The lowest BCUT2D eigenvalue weighted by Crippen LogP contribution is -2.37. The lowest BCUT2D eigenvalue weighted by molar-refractivity contribution is 0.363. The first-order valence-electron chi connectivity index (χ1n) is 4.08. The van der Waals surface area contributed by atoms with Gasteiger partial charge in [-0.25, -0.2) is 0 Å². The van der Waals surface area contributed by atoms with Crippen molar-refractivity contribution >= 4 is 0 Å². The third-order valence-electron chi connectivity index (χ3n) is 2.98. The maximum atomic E-state index is 3.62. The minimum absolute atomic E-state index is 0.637. The van der Waals surface area contributed by atoms with Crippen molar-refractivity contribution in [3.8, 4) is 0 Å². The van der Waals surface area contributed by atoms with Crippen LogP contribution in [0.2, 0.25) is 0 Å². The topological polar surface area (TPSA) is 12.0 Å². The maximum Gasteiger partial charge on any atom is 0.0210 e. The Kier molecular flexibility index (Phi) is 1.10. The zero-order valence-corrected chi connectivity index (χ0v) is 6.11. The van der Waals surface area contributed by atoms with Crippen molar-refractivity contribution in [2.24, 2.45) is 5.92 Å². The van der Waals surface area contributed by atoms with Crippen LogP contribution in [0.3, 0.4) is 0 Å². The molecule has 1 saturated heterocycles. The summed E-state index contributed by atoms with van der Waals surface area (Å²) in [7, 11) is 0. The van der Waals surface area contributed by atoms with Crippen LogP contribution in [0.25, 0.3) is 0 Å². The Morgan fingerprint density at radius 2 is 2.22 bits per heavy atom. The van der Waals surface area contributed by atoms with E-state index in [-0.39, 0.29) is 0 Å². The first-order chi connectivity index (χ1) is 4.33. The Bertz CT molecular complexity index is 114. The van der Waals surface area contributed by atoms with E-state index in [9.17, 15) is 0 Å². The highest BCUT2D eigenvalue weighted by Crippen LogP contribution is 2.47. The highest BCUT2D eigenvalue weighted by atomic mass is 15.0. The molecule has 2 aliphatic rings. The molecule has 0 aromatic rings. The van der Waals surface area contributed by atoms with Crippen LogP contribution >= 0.6 is 0 Å². The van der Waals surface area contributed by atoms with Gasteiger partial charge in [-0.1, -0.05) is 13.3 Å². The van der Waals surface area contributed by atoms with E-state index in [0.29, 0.717) is 5.54 Å². The number of rotatable bonds is 0. The summed E-state index contributed by atoms with van der Waals surface area (Å²) < 4.78 is 0. The number of nitrogens with one attached hydrogen (secondary N) is 1. The fourth-order valence-electron chi connectivity index (χ4n) is 2.07. The van der Waals surface area contributed by atoms with Gasteiger partial charge in [-0.05, 0) is 31.7 Å². The number of piperidine rings is 1. The molecule has 1 spiro atoms. The molecular weight excluding hydrogens is 110 g/mol. The van der Waals surface area contributed by atoms with Gasteiger partial charge < -0.3 is 5.32 Å². The fourth-order valence-corrected chi connectivity index (χ4v) is 2.07. The van der Waals surface area contributed by atoms with E-state index in [4.69, 9.17) is 0 Å². The molecule has 0 aromatic carbocycles. The summed E-state index contributed by atoms with van der Waals surface area (Å²) in [5, 5.41) is 3.62. The van der Waals surface area contributed by atoms with Gasteiger partial charge in [-0.3, -0.25) is 0 Å². The molecule has 2 atom stereocenters. The van der Waals surface area contributed by atoms with Crippen molar-refractivity contribution < 1.29 is 0 Å². The van der Waals surface area contributed by atoms with Crippen molar-refractivity contribution in [1.82, 2.24) is 5.32 Å². The molecule has 0 aromatic heterocycles. The van der Waals surface area contributed by atoms with Crippen molar-refractivity contribution in [3.63, 3.8) is 0 Å². The number of hydrogen-bond acceptors (Lipinski definition) is 1. The monoisotopic (exact) mass is 125 g/mol. The summed E-state index contributed by atoms with van der Waals surface area (Å²) in [4.78, 5) is 0. The molecule has 1 saturated carbocycles. The fraction of sp³-hybridized carbons (Fsp3) is 1.00. The van der Waals surface area contributed by atoms with Gasteiger partial charge in [0.05, 0.1) is 0 Å². The van der Waals surface area contributed by atoms with E-state index in [0.717, 1.165) is 5.92 Å². The standard InChI is InChI=1S/C8H15N/c1-7-6-8(7)4-2-3-5-9-8/h7,9H,2-6H2,1H3/t7-,8?/m0/s1. The summed E-state index contributed by atoms with van der Waals surface area (Å²) in [6.07, 6.45) is 5.73. The largest absolute Gasteiger partial charge is 0.311 e. The molecule has 2 fully saturated rings. The van der Waals surface area contributed by atoms with E-state index in [2.05, 4.69) is 12.2 Å². The minimum Gasteiger partial charge on any atom is -0.311 e. The van der Waals surface area contributed by atoms with Crippen LogP contribution < -0.4 is 5.32 Å². The Morgan fingerprint density at radius 1 is 1.44 bits per heavy atom. The van der Waals surface area contributed by atoms with Crippen LogP contribution in [-0.2, 0) is 0 Å². The molecule has 1 heterocycles. The van der Waals surface area contributed by atoms with E-state index in [1.54, 1.807) is 0 Å². The molecule has 0 amide bonds. The Labute approximate surface area is 56.8 Å².